The van der Waals surface area contributed by atoms with Crippen LogP contribution in [0.3, 0.4) is 0 Å². The average Bonchev–Trinajstić information content (AvgIpc) is 2.82. The molecule has 2 rings (SSSR count). The number of hydrogen-bond acceptors (Lipinski definition) is 5. The zero-order valence-corrected chi connectivity index (χ0v) is 10.4. The second kappa shape index (κ2) is 5.91. The van der Waals surface area contributed by atoms with Crippen LogP contribution >= 0.6 is 11.3 Å². The highest BCUT2D eigenvalue weighted by Gasteiger charge is 2.25. The Labute approximate surface area is 104 Å². The van der Waals surface area contributed by atoms with Gasteiger partial charge in [-0.05, 0) is 19.3 Å². The molecular weight excluding hydrogens is 238 g/mol. The lowest BCUT2D eigenvalue weighted by Crippen LogP contribution is -2.30. The van der Waals surface area contributed by atoms with Gasteiger partial charge in [-0.3, -0.25) is 9.59 Å². The van der Waals surface area contributed by atoms with Crippen LogP contribution in [-0.2, 0) is 20.7 Å². The smallest absolute Gasteiger partial charge is 0.306 e. The number of ether oxygens (including phenoxy) is 1. The Hall–Kier alpha value is -1.23. The van der Waals surface area contributed by atoms with E-state index in [1.165, 1.54) is 11.3 Å². The maximum absolute atomic E-state index is 11.6. The summed E-state index contributed by atoms with van der Waals surface area (Å²) in [5.41, 5.74) is 0. The number of hydrogen-bond donors (Lipinski definition) is 0. The van der Waals surface area contributed by atoms with Crippen molar-refractivity contribution in [3.63, 3.8) is 0 Å². The minimum atomic E-state index is -0.493. The fourth-order valence-corrected chi connectivity index (χ4v) is 2.50. The van der Waals surface area contributed by atoms with Crippen molar-refractivity contribution < 1.29 is 14.3 Å². The number of rotatable bonds is 4. The summed E-state index contributed by atoms with van der Waals surface area (Å²) in [5, 5.41) is 2.81. The summed E-state index contributed by atoms with van der Waals surface area (Å²) in [5.74, 6) is -0.223. The highest BCUT2D eigenvalue weighted by molar-refractivity contribution is 7.09. The lowest BCUT2D eigenvalue weighted by molar-refractivity contribution is -0.156. The van der Waals surface area contributed by atoms with Crippen LogP contribution in [0.1, 0.15) is 37.1 Å². The Balaban J connectivity index is 1.75. The molecule has 4 nitrogen and oxygen atoms in total. The number of aryl methyl sites for hydroxylation is 1. The molecule has 1 atom stereocenters. The molecule has 1 aromatic rings. The van der Waals surface area contributed by atoms with Crippen LogP contribution in [-0.4, -0.2) is 22.8 Å². The van der Waals surface area contributed by atoms with Crippen molar-refractivity contribution >= 4 is 23.1 Å². The topological polar surface area (TPSA) is 56.3 Å². The second-order valence-corrected chi connectivity index (χ2v) is 5.10. The molecule has 1 heterocycles. The molecule has 1 aliphatic carbocycles. The predicted molar refractivity (Wildman–Crippen MR) is 63.8 cm³/mol. The van der Waals surface area contributed by atoms with Crippen molar-refractivity contribution in [3.05, 3.63) is 16.6 Å². The Kier molecular flexibility index (Phi) is 4.25. The van der Waals surface area contributed by atoms with Gasteiger partial charge in [-0.15, -0.1) is 11.3 Å². The van der Waals surface area contributed by atoms with Crippen LogP contribution in [0, 0.1) is 0 Å². The van der Waals surface area contributed by atoms with E-state index in [1.807, 2.05) is 5.38 Å². The van der Waals surface area contributed by atoms with Crippen LogP contribution in [0.25, 0.3) is 0 Å². The number of carbonyl (C=O) groups excluding carboxylic acids is 2. The standard InChI is InChI=1S/C12H15NO3S/c14-9-3-1-2-4-10(9)16-12(15)6-5-11-13-7-8-17-11/h7-8,10H,1-6H2/t10-/m1/s1. The van der Waals surface area contributed by atoms with E-state index in [0.29, 0.717) is 25.7 Å². The normalized spacial score (nSPS) is 20.2. The van der Waals surface area contributed by atoms with Gasteiger partial charge >= 0.3 is 5.97 Å². The summed E-state index contributed by atoms with van der Waals surface area (Å²) in [4.78, 5) is 27.1. The summed E-state index contributed by atoms with van der Waals surface area (Å²) in [6.45, 7) is 0. The molecule has 5 heteroatoms. The largest absolute Gasteiger partial charge is 0.454 e. The first-order chi connectivity index (χ1) is 8.25. The summed E-state index contributed by atoms with van der Waals surface area (Å²) in [6.07, 6.45) is 5.24. The number of Topliss-reactive ketones (excluding diaryl/α,β-unsaturated/α-hetero) is 1. The Morgan fingerprint density at radius 3 is 3.12 bits per heavy atom. The quantitative estimate of drug-likeness (QED) is 0.771. The maximum Gasteiger partial charge on any atom is 0.306 e. The molecule has 1 fully saturated rings. The molecule has 1 saturated carbocycles. The molecule has 17 heavy (non-hydrogen) atoms. The zero-order chi connectivity index (χ0) is 12.1. The molecule has 1 aliphatic rings. The molecule has 1 aromatic heterocycles. The van der Waals surface area contributed by atoms with Crippen LogP contribution in [0.15, 0.2) is 11.6 Å². The molecule has 0 amide bonds. The van der Waals surface area contributed by atoms with Crippen LogP contribution < -0.4 is 0 Å². The third-order valence-corrected chi connectivity index (χ3v) is 3.64. The predicted octanol–water partition coefficient (Wildman–Crippen LogP) is 2.13. The summed E-state index contributed by atoms with van der Waals surface area (Å²) in [7, 11) is 0. The van der Waals surface area contributed by atoms with Gasteiger partial charge < -0.3 is 4.74 Å². The lowest BCUT2D eigenvalue weighted by atomic mass is 9.96. The van der Waals surface area contributed by atoms with Crippen molar-refractivity contribution in [1.82, 2.24) is 4.98 Å². The van der Waals surface area contributed by atoms with Gasteiger partial charge in [0.25, 0.3) is 0 Å². The van der Waals surface area contributed by atoms with E-state index >= 15 is 0 Å². The monoisotopic (exact) mass is 253 g/mol. The number of aromatic nitrogens is 1. The van der Waals surface area contributed by atoms with E-state index in [9.17, 15) is 9.59 Å². The van der Waals surface area contributed by atoms with Crippen molar-refractivity contribution in [1.29, 1.82) is 0 Å². The first-order valence-corrected chi connectivity index (χ1v) is 6.74. The molecular formula is C12H15NO3S. The molecule has 0 aliphatic heterocycles. The van der Waals surface area contributed by atoms with Gasteiger partial charge in [0.2, 0.25) is 0 Å². The number of esters is 1. The first kappa shape index (κ1) is 12.2. The molecule has 0 radical (unpaired) electrons. The molecule has 0 saturated heterocycles. The van der Waals surface area contributed by atoms with E-state index in [-0.39, 0.29) is 11.8 Å². The van der Waals surface area contributed by atoms with E-state index in [4.69, 9.17) is 4.74 Å². The number of thiazole rings is 1. The van der Waals surface area contributed by atoms with Crippen molar-refractivity contribution in [2.45, 2.75) is 44.6 Å². The van der Waals surface area contributed by atoms with Gasteiger partial charge in [-0.2, -0.15) is 0 Å². The number of carbonyl (C=O) groups is 2. The van der Waals surface area contributed by atoms with Gasteiger partial charge in [0.05, 0.1) is 11.4 Å². The Morgan fingerprint density at radius 2 is 2.41 bits per heavy atom. The lowest BCUT2D eigenvalue weighted by Gasteiger charge is -2.20. The molecule has 92 valence electrons. The Morgan fingerprint density at radius 1 is 1.53 bits per heavy atom. The van der Waals surface area contributed by atoms with Gasteiger partial charge in [-0.1, -0.05) is 0 Å². The van der Waals surface area contributed by atoms with Gasteiger partial charge in [0, 0.05) is 24.4 Å². The van der Waals surface area contributed by atoms with E-state index in [2.05, 4.69) is 4.98 Å². The summed E-state index contributed by atoms with van der Waals surface area (Å²) >= 11 is 1.53. The maximum atomic E-state index is 11.6. The highest BCUT2D eigenvalue weighted by Crippen LogP contribution is 2.18. The van der Waals surface area contributed by atoms with Crippen LogP contribution in [0.5, 0.6) is 0 Å². The third-order valence-electron chi connectivity index (χ3n) is 2.80. The molecule has 0 unspecified atom stereocenters. The SMILES string of the molecule is O=C(CCc1nccs1)O[C@@H]1CCCCC1=O. The van der Waals surface area contributed by atoms with Crippen molar-refractivity contribution in [3.8, 4) is 0 Å². The van der Waals surface area contributed by atoms with E-state index in [1.54, 1.807) is 6.20 Å². The van der Waals surface area contributed by atoms with Crippen LogP contribution in [0.2, 0.25) is 0 Å². The van der Waals surface area contributed by atoms with Gasteiger partial charge in [0.1, 0.15) is 0 Å². The first-order valence-electron chi connectivity index (χ1n) is 5.86. The fourth-order valence-electron chi connectivity index (χ4n) is 1.88. The molecule has 0 spiro atoms. The third kappa shape index (κ3) is 3.63. The number of ketones is 1. The van der Waals surface area contributed by atoms with E-state index < -0.39 is 6.10 Å². The van der Waals surface area contributed by atoms with E-state index in [0.717, 1.165) is 17.8 Å². The number of nitrogens with zero attached hydrogens (tertiary/aromatic N) is 1. The highest BCUT2D eigenvalue weighted by atomic mass is 32.1. The zero-order valence-electron chi connectivity index (χ0n) is 9.55. The fraction of sp³-hybridized carbons (Fsp3) is 0.583. The summed E-state index contributed by atoms with van der Waals surface area (Å²) in [6, 6.07) is 0. The van der Waals surface area contributed by atoms with Crippen LogP contribution in [0.4, 0.5) is 0 Å². The van der Waals surface area contributed by atoms with Gasteiger partial charge in [0.15, 0.2) is 11.9 Å². The van der Waals surface area contributed by atoms with Crippen molar-refractivity contribution in [2.24, 2.45) is 0 Å². The summed E-state index contributed by atoms with van der Waals surface area (Å²) < 4.78 is 5.19. The molecule has 0 N–H and O–H groups in total. The molecule has 0 aromatic carbocycles. The minimum absolute atomic E-state index is 0.0684. The minimum Gasteiger partial charge on any atom is -0.454 e. The Bertz CT molecular complexity index is 388. The van der Waals surface area contributed by atoms with Gasteiger partial charge in [-0.25, -0.2) is 4.98 Å². The van der Waals surface area contributed by atoms with Crippen molar-refractivity contribution in [2.75, 3.05) is 0 Å². The average molecular weight is 253 g/mol. The second-order valence-electron chi connectivity index (χ2n) is 4.12. The molecule has 0 bridgehead atoms.